The Balaban J connectivity index is 1.71. The van der Waals surface area contributed by atoms with Crippen molar-refractivity contribution >= 4 is 22.5 Å². The Kier molecular flexibility index (Phi) is 5.05. The number of hydrogen-bond donors (Lipinski definition) is 2. The van der Waals surface area contributed by atoms with Crippen molar-refractivity contribution < 1.29 is 4.79 Å². The molecule has 32 heavy (non-hydrogen) atoms. The van der Waals surface area contributed by atoms with Gasteiger partial charge in [-0.2, -0.15) is 5.10 Å². The fourth-order valence-corrected chi connectivity index (χ4v) is 4.57. The van der Waals surface area contributed by atoms with E-state index in [0.29, 0.717) is 30.1 Å². The summed E-state index contributed by atoms with van der Waals surface area (Å²) in [6, 6.07) is 18.4. The van der Waals surface area contributed by atoms with E-state index in [1.807, 2.05) is 28.9 Å². The fourth-order valence-electron chi connectivity index (χ4n) is 4.57. The highest BCUT2D eigenvalue weighted by Gasteiger charge is 2.37. The van der Waals surface area contributed by atoms with Gasteiger partial charge in [-0.05, 0) is 40.8 Å². The number of nitrogens with one attached hydrogen (secondary N) is 2. The van der Waals surface area contributed by atoms with Crippen LogP contribution in [0.4, 0.5) is 0 Å². The van der Waals surface area contributed by atoms with Gasteiger partial charge in [-0.15, -0.1) is 0 Å². The van der Waals surface area contributed by atoms with E-state index in [1.165, 1.54) is 10.8 Å². The monoisotopic (exact) mass is 423 g/mol. The van der Waals surface area contributed by atoms with E-state index < -0.39 is 0 Å². The van der Waals surface area contributed by atoms with Gasteiger partial charge >= 0.3 is 0 Å². The summed E-state index contributed by atoms with van der Waals surface area (Å²) in [4.78, 5) is 16.9. The second kappa shape index (κ2) is 8.04. The van der Waals surface area contributed by atoms with Crippen molar-refractivity contribution in [3.05, 3.63) is 83.8 Å². The Labute approximate surface area is 186 Å². The molecule has 3 heterocycles. The first-order valence-electron chi connectivity index (χ1n) is 10.9. The smallest absolute Gasteiger partial charge is 0.234 e. The molecule has 1 unspecified atom stereocenters. The highest BCUT2D eigenvalue weighted by atomic mass is 16.2. The lowest BCUT2D eigenvalue weighted by Crippen LogP contribution is -2.40. The number of carbonyl (C=O) groups excluding carboxylic acids is 1. The molecule has 1 aliphatic rings. The Morgan fingerprint density at radius 2 is 1.81 bits per heavy atom. The number of pyridine rings is 1. The van der Waals surface area contributed by atoms with Gasteiger partial charge in [0.1, 0.15) is 5.84 Å². The molecule has 4 aromatic rings. The largest absolute Gasteiger partial charge is 0.310 e. The highest BCUT2D eigenvalue weighted by Crippen LogP contribution is 2.36. The molecule has 0 saturated carbocycles. The normalized spacial score (nSPS) is 15.8. The molecule has 0 saturated heterocycles. The van der Waals surface area contributed by atoms with Gasteiger partial charge in [-0.3, -0.25) is 19.9 Å². The van der Waals surface area contributed by atoms with Crippen LogP contribution in [0.2, 0.25) is 0 Å². The van der Waals surface area contributed by atoms with Crippen molar-refractivity contribution in [2.75, 3.05) is 0 Å². The van der Waals surface area contributed by atoms with Crippen LogP contribution in [0.25, 0.3) is 22.0 Å². The predicted molar refractivity (Wildman–Crippen MR) is 126 cm³/mol. The van der Waals surface area contributed by atoms with E-state index in [0.717, 1.165) is 16.8 Å². The van der Waals surface area contributed by atoms with Crippen LogP contribution in [0.3, 0.4) is 0 Å². The Morgan fingerprint density at radius 3 is 2.59 bits per heavy atom. The van der Waals surface area contributed by atoms with Gasteiger partial charge in [0.2, 0.25) is 5.91 Å². The van der Waals surface area contributed by atoms with Crippen LogP contribution in [0.5, 0.6) is 0 Å². The molecule has 2 N–H and O–H groups in total. The summed E-state index contributed by atoms with van der Waals surface area (Å²) in [5.41, 5.74) is 4.32. The van der Waals surface area contributed by atoms with Gasteiger partial charge in [0, 0.05) is 18.0 Å². The zero-order chi connectivity index (χ0) is 22.2. The van der Waals surface area contributed by atoms with Crippen LogP contribution in [-0.2, 0) is 11.3 Å². The van der Waals surface area contributed by atoms with Crippen molar-refractivity contribution in [2.24, 2.45) is 5.92 Å². The maximum Gasteiger partial charge on any atom is 0.234 e. The lowest BCUT2D eigenvalue weighted by molar-refractivity contribution is -0.121. The summed E-state index contributed by atoms with van der Waals surface area (Å²) in [6.45, 7) is 4.75. The third-order valence-corrected chi connectivity index (χ3v) is 5.99. The van der Waals surface area contributed by atoms with Crippen LogP contribution in [0.1, 0.15) is 43.0 Å². The summed E-state index contributed by atoms with van der Waals surface area (Å²) in [7, 11) is 0. The van der Waals surface area contributed by atoms with Crippen molar-refractivity contribution in [3.63, 3.8) is 0 Å². The average molecular weight is 424 g/mol. The zero-order valence-corrected chi connectivity index (χ0v) is 18.2. The molecule has 5 rings (SSSR count). The molecule has 6 nitrogen and oxygen atoms in total. The molecule has 0 fully saturated rings. The Hall–Kier alpha value is -3.80. The molecular weight excluding hydrogens is 398 g/mol. The summed E-state index contributed by atoms with van der Waals surface area (Å²) in [5, 5.41) is 18.7. The van der Waals surface area contributed by atoms with Gasteiger partial charge in [0.05, 0.1) is 29.4 Å². The number of hydrogen-bond acceptors (Lipinski definition) is 4. The quantitative estimate of drug-likeness (QED) is 0.487. The molecule has 2 aromatic carbocycles. The summed E-state index contributed by atoms with van der Waals surface area (Å²) in [5.74, 6) is -0.0693. The van der Waals surface area contributed by atoms with E-state index in [-0.39, 0.29) is 17.7 Å². The molecule has 160 valence electrons. The summed E-state index contributed by atoms with van der Waals surface area (Å²) < 4.78 is 1.95. The standard InChI is InChI=1S/C26H25N5O/c1-16(2)14-21-23-22(25(27)29-26(21)32)24(18-10-12-28-13-11-18)31(30-23)15-19-8-5-7-17-6-3-4-9-20(17)19/h3-13,16,21H,14-15H2,1-2H3,(H2,27,29,32). The summed E-state index contributed by atoms with van der Waals surface area (Å²) in [6.07, 6.45) is 4.17. The zero-order valence-electron chi connectivity index (χ0n) is 18.2. The third kappa shape index (κ3) is 3.47. The van der Waals surface area contributed by atoms with Crippen LogP contribution in [0, 0.1) is 11.3 Å². The lowest BCUT2D eigenvalue weighted by Gasteiger charge is -2.23. The minimum atomic E-state index is -0.367. The first-order chi connectivity index (χ1) is 15.5. The molecule has 1 atom stereocenters. The maximum atomic E-state index is 12.8. The lowest BCUT2D eigenvalue weighted by atomic mass is 9.87. The highest BCUT2D eigenvalue weighted by molar-refractivity contribution is 6.15. The molecule has 1 aliphatic heterocycles. The number of aromatic nitrogens is 3. The maximum absolute atomic E-state index is 12.8. The SMILES string of the molecule is CC(C)CC1C(=O)NC(=N)c2c1nn(Cc1cccc3ccccc13)c2-c1ccncc1. The first-order valence-corrected chi connectivity index (χ1v) is 10.9. The van der Waals surface area contributed by atoms with Crippen molar-refractivity contribution in [1.29, 1.82) is 5.41 Å². The van der Waals surface area contributed by atoms with Gasteiger partial charge in [-0.25, -0.2) is 0 Å². The van der Waals surface area contributed by atoms with Crippen LogP contribution in [-0.4, -0.2) is 26.5 Å². The number of amidine groups is 1. The van der Waals surface area contributed by atoms with E-state index in [9.17, 15) is 4.79 Å². The minimum Gasteiger partial charge on any atom is -0.310 e. The van der Waals surface area contributed by atoms with Crippen molar-refractivity contribution in [2.45, 2.75) is 32.7 Å². The molecule has 2 aromatic heterocycles. The molecule has 0 spiro atoms. The van der Waals surface area contributed by atoms with Gasteiger partial charge in [0.25, 0.3) is 0 Å². The first kappa shape index (κ1) is 20.1. The van der Waals surface area contributed by atoms with Crippen LogP contribution in [0.15, 0.2) is 67.0 Å². The topological polar surface area (TPSA) is 83.7 Å². The number of rotatable bonds is 5. The van der Waals surface area contributed by atoms with Crippen molar-refractivity contribution in [1.82, 2.24) is 20.1 Å². The Morgan fingerprint density at radius 1 is 1.06 bits per heavy atom. The average Bonchev–Trinajstić information content (AvgIpc) is 3.17. The molecule has 0 radical (unpaired) electrons. The molecule has 6 heteroatoms. The summed E-state index contributed by atoms with van der Waals surface area (Å²) >= 11 is 0. The number of nitrogens with zero attached hydrogens (tertiary/aromatic N) is 3. The second-order valence-electron chi connectivity index (χ2n) is 8.69. The molecule has 0 bridgehead atoms. The number of benzene rings is 2. The van der Waals surface area contributed by atoms with Gasteiger partial charge < -0.3 is 5.32 Å². The van der Waals surface area contributed by atoms with E-state index in [1.54, 1.807) is 12.4 Å². The van der Waals surface area contributed by atoms with Crippen LogP contribution >= 0.6 is 0 Å². The molecule has 0 aliphatic carbocycles. The minimum absolute atomic E-state index is 0.112. The van der Waals surface area contributed by atoms with E-state index in [4.69, 9.17) is 10.5 Å². The predicted octanol–water partition coefficient (Wildman–Crippen LogP) is 4.73. The Bertz CT molecular complexity index is 1320. The fraction of sp³-hybridized carbons (Fsp3) is 0.231. The number of amides is 1. The molecule has 1 amide bonds. The van der Waals surface area contributed by atoms with E-state index >= 15 is 0 Å². The molecular formula is C26H25N5O. The second-order valence-corrected chi connectivity index (χ2v) is 8.69. The third-order valence-electron chi connectivity index (χ3n) is 5.99. The van der Waals surface area contributed by atoms with Gasteiger partial charge in [0.15, 0.2) is 0 Å². The number of fused-ring (bicyclic) bond motifs is 2. The van der Waals surface area contributed by atoms with Crippen molar-refractivity contribution in [3.8, 4) is 11.3 Å². The number of carbonyl (C=O) groups is 1. The van der Waals surface area contributed by atoms with Crippen LogP contribution < -0.4 is 5.32 Å². The van der Waals surface area contributed by atoms with Gasteiger partial charge in [-0.1, -0.05) is 56.3 Å². The van der Waals surface area contributed by atoms with E-state index in [2.05, 4.69) is 54.5 Å².